The summed E-state index contributed by atoms with van der Waals surface area (Å²) >= 11 is 5.97. The molecule has 0 N–H and O–H groups in total. The van der Waals surface area contributed by atoms with Gasteiger partial charge in [-0.05, 0) is 42.5 Å². The van der Waals surface area contributed by atoms with Crippen LogP contribution in [-0.4, -0.2) is 15.8 Å². The van der Waals surface area contributed by atoms with Gasteiger partial charge in [-0.2, -0.15) is 0 Å². The van der Waals surface area contributed by atoms with Gasteiger partial charge >= 0.3 is 0 Å². The first kappa shape index (κ1) is 16.0. The fourth-order valence-corrected chi connectivity index (χ4v) is 2.56. The molecule has 0 unspecified atom stereocenters. The minimum atomic E-state index is 0.430. The largest absolute Gasteiger partial charge is 0.457 e. The minimum absolute atomic E-state index is 0.430. The monoisotopic (exact) mass is 338 g/mol. The number of halogens is 1. The first-order valence-corrected chi connectivity index (χ1v) is 7.67. The number of aromatic nitrogens is 2. The Kier molecular flexibility index (Phi) is 4.49. The quantitative estimate of drug-likeness (QED) is 0.616. The van der Waals surface area contributed by atoms with Gasteiger partial charge in [0.2, 0.25) is 0 Å². The highest BCUT2D eigenvalue weighted by atomic mass is 35.5. The lowest BCUT2D eigenvalue weighted by Gasteiger charge is -2.09. The van der Waals surface area contributed by atoms with E-state index >= 15 is 0 Å². The van der Waals surface area contributed by atoms with Crippen molar-refractivity contribution in [3.63, 3.8) is 0 Å². The van der Waals surface area contributed by atoms with Gasteiger partial charge in [-0.15, -0.1) is 0 Å². The van der Waals surface area contributed by atoms with Crippen LogP contribution in [0.5, 0.6) is 11.5 Å². The topological polar surface area (TPSA) is 44.1 Å². The molecule has 0 aliphatic carbocycles. The Hall–Kier alpha value is -2.85. The molecule has 0 saturated heterocycles. The smallest absolute Gasteiger partial charge is 0.153 e. The van der Waals surface area contributed by atoms with Crippen LogP contribution in [-0.2, 0) is 7.05 Å². The molecular formula is C19H15ClN2O2. The Morgan fingerprint density at radius 1 is 1.21 bits per heavy atom. The Bertz CT molecular complexity index is 898. The summed E-state index contributed by atoms with van der Waals surface area (Å²) in [5.74, 6) is 1.86. The summed E-state index contributed by atoms with van der Waals surface area (Å²) in [6.45, 7) is 3.74. The molecule has 0 aliphatic heterocycles. The van der Waals surface area contributed by atoms with Crippen LogP contribution in [0.25, 0.3) is 17.3 Å². The van der Waals surface area contributed by atoms with E-state index in [1.807, 2.05) is 35.9 Å². The lowest BCUT2D eigenvalue weighted by atomic mass is 10.1. The maximum absolute atomic E-state index is 11.1. The summed E-state index contributed by atoms with van der Waals surface area (Å²) in [5, 5.41) is 0.513. The molecule has 0 fully saturated rings. The summed E-state index contributed by atoms with van der Waals surface area (Å²) in [4.78, 5) is 15.4. The molecule has 2 aromatic carbocycles. The molecule has 0 radical (unpaired) electrons. The molecule has 0 saturated carbocycles. The van der Waals surface area contributed by atoms with Crippen LogP contribution < -0.4 is 4.74 Å². The van der Waals surface area contributed by atoms with Gasteiger partial charge in [-0.3, -0.25) is 4.79 Å². The number of benzene rings is 2. The van der Waals surface area contributed by atoms with Crippen LogP contribution in [0, 0.1) is 0 Å². The number of rotatable bonds is 5. The summed E-state index contributed by atoms with van der Waals surface area (Å²) in [7, 11) is 1.94. The first-order chi connectivity index (χ1) is 11.6. The van der Waals surface area contributed by atoms with Crippen molar-refractivity contribution in [2.75, 3.05) is 0 Å². The van der Waals surface area contributed by atoms with Crippen molar-refractivity contribution in [2.45, 2.75) is 0 Å². The second-order valence-electron chi connectivity index (χ2n) is 5.19. The number of ether oxygens (including phenoxy) is 1. The molecule has 24 heavy (non-hydrogen) atoms. The van der Waals surface area contributed by atoms with Crippen LogP contribution in [0.3, 0.4) is 0 Å². The Labute approximate surface area is 145 Å². The first-order valence-electron chi connectivity index (χ1n) is 7.29. The van der Waals surface area contributed by atoms with Crippen LogP contribution in [0.4, 0.5) is 0 Å². The van der Waals surface area contributed by atoms with Crippen molar-refractivity contribution < 1.29 is 9.53 Å². The van der Waals surface area contributed by atoms with E-state index in [0.29, 0.717) is 22.1 Å². The van der Waals surface area contributed by atoms with E-state index in [-0.39, 0.29) is 0 Å². The minimum Gasteiger partial charge on any atom is -0.457 e. The fraction of sp³-hybridized carbons (Fsp3) is 0.0526. The second kappa shape index (κ2) is 6.72. The second-order valence-corrected chi connectivity index (χ2v) is 5.63. The molecule has 1 aromatic heterocycles. The van der Waals surface area contributed by atoms with Crippen LogP contribution in [0.2, 0.25) is 5.02 Å². The van der Waals surface area contributed by atoms with Crippen molar-refractivity contribution in [3.05, 3.63) is 71.7 Å². The zero-order chi connectivity index (χ0) is 17.1. The Balaban J connectivity index is 1.87. The number of carbonyl (C=O) groups excluding carboxylic acids is 1. The van der Waals surface area contributed by atoms with E-state index in [9.17, 15) is 4.79 Å². The van der Waals surface area contributed by atoms with Crippen LogP contribution in [0.15, 0.2) is 55.2 Å². The number of aldehydes is 1. The van der Waals surface area contributed by atoms with Gasteiger partial charge in [0.25, 0.3) is 0 Å². The zero-order valence-electron chi connectivity index (χ0n) is 13.1. The molecule has 0 atom stereocenters. The molecule has 1 heterocycles. The number of hydrogen-bond acceptors (Lipinski definition) is 3. The van der Waals surface area contributed by atoms with E-state index in [0.717, 1.165) is 23.4 Å². The van der Waals surface area contributed by atoms with Crippen molar-refractivity contribution in [2.24, 2.45) is 7.05 Å². The van der Waals surface area contributed by atoms with E-state index in [1.54, 1.807) is 30.5 Å². The van der Waals surface area contributed by atoms with Gasteiger partial charge in [0.05, 0.1) is 17.5 Å². The highest BCUT2D eigenvalue weighted by molar-refractivity contribution is 6.30. The highest BCUT2D eigenvalue weighted by Gasteiger charge is 2.08. The predicted molar refractivity (Wildman–Crippen MR) is 95.6 cm³/mol. The fourth-order valence-electron chi connectivity index (χ4n) is 2.40. The van der Waals surface area contributed by atoms with Gasteiger partial charge in [0.1, 0.15) is 17.3 Å². The van der Waals surface area contributed by atoms with Crippen molar-refractivity contribution in [1.29, 1.82) is 0 Å². The van der Waals surface area contributed by atoms with E-state index in [1.165, 1.54) is 0 Å². The number of nitrogens with zero attached hydrogens (tertiary/aromatic N) is 2. The van der Waals surface area contributed by atoms with E-state index in [2.05, 4.69) is 11.6 Å². The van der Waals surface area contributed by atoms with Gasteiger partial charge in [0, 0.05) is 23.7 Å². The zero-order valence-corrected chi connectivity index (χ0v) is 13.8. The summed E-state index contributed by atoms with van der Waals surface area (Å²) in [6.07, 6.45) is 4.25. The number of imidazole rings is 1. The van der Waals surface area contributed by atoms with Crippen LogP contribution >= 0.6 is 11.6 Å². The summed E-state index contributed by atoms with van der Waals surface area (Å²) < 4.78 is 7.74. The molecule has 5 heteroatoms. The Morgan fingerprint density at radius 2 is 1.96 bits per heavy atom. The van der Waals surface area contributed by atoms with Crippen molar-refractivity contribution in [1.82, 2.24) is 9.55 Å². The van der Waals surface area contributed by atoms with E-state index < -0.39 is 0 Å². The molecule has 0 bridgehead atoms. The van der Waals surface area contributed by atoms with Crippen molar-refractivity contribution in [3.8, 4) is 22.8 Å². The summed E-state index contributed by atoms with van der Waals surface area (Å²) in [5.41, 5.74) is 2.44. The van der Waals surface area contributed by atoms with Gasteiger partial charge < -0.3 is 9.30 Å². The molecule has 3 rings (SSSR count). The van der Waals surface area contributed by atoms with Gasteiger partial charge in [0.15, 0.2) is 6.29 Å². The third-order valence-electron chi connectivity index (χ3n) is 3.69. The number of hydrogen-bond donors (Lipinski definition) is 0. The SMILES string of the molecule is C=Cc1ncc(-c2ccc(Oc3cc(Cl)ccc3C=O)cc2)n1C. The van der Waals surface area contributed by atoms with Gasteiger partial charge in [-0.25, -0.2) is 4.98 Å². The molecule has 4 nitrogen and oxygen atoms in total. The molecule has 0 amide bonds. The summed E-state index contributed by atoms with van der Waals surface area (Å²) in [6, 6.07) is 12.5. The lowest BCUT2D eigenvalue weighted by Crippen LogP contribution is -1.94. The predicted octanol–water partition coefficient (Wildman–Crippen LogP) is 4.99. The maximum Gasteiger partial charge on any atom is 0.153 e. The highest BCUT2D eigenvalue weighted by Crippen LogP contribution is 2.29. The third kappa shape index (κ3) is 3.09. The lowest BCUT2D eigenvalue weighted by molar-refractivity contribution is 0.112. The average Bonchev–Trinajstić information content (AvgIpc) is 2.96. The molecule has 3 aromatic rings. The average molecular weight is 339 g/mol. The molecule has 0 aliphatic rings. The Morgan fingerprint density at radius 3 is 2.58 bits per heavy atom. The van der Waals surface area contributed by atoms with Gasteiger partial charge in [-0.1, -0.05) is 18.2 Å². The normalized spacial score (nSPS) is 10.4. The van der Waals surface area contributed by atoms with Crippen LogP contribution in [0.1, 0.15) is 16.2 Å². The van der Waals surface area contributed by atoms with Crippen molar-refractivity contribution >= 4 is 24.0 Å². The molecule has 120 valence electrons. The molecule has 0 spiro atoms. The standard InChI is InChI=1S/C19H15ClN2O2/c1-3-19-21-11-17(22(19)2)13-5-8-16(9-6-13)24-18-10-15(20)7-4-14(18)12-23/h3-12H,1H2,2H3. The number of carbonyl (C=O) groups is 1. The van der Waals surface area contributed by atoms with E-state index in [4.69, 9.17) is 16.3 Å². The molecular weight excluding hydrogens is 324 g/mol. The maximum atomic E-state index is 11.1. The third-order valence-corrected chi connectivity index (χ3v) is 3.92.